The first-order valence-electron chi connectivity index (χ1n) is 13.5. The van der Waals surface area contributed by atoms with Crippen LogP contribution in [-0.2, 0) is 12.6 Å². The number of hydrogen-bond donors (Lipinski definition) is 3. The Morgan fingerprint density at radius 1 is 1.02 bits per heavy atom. The Kier molecular flexibility index (Phi) is 10.8. The molecule has 0 aliphatic rings. The summed E-state index contributed by atoms with van der Waals surface area (Å²) >= 11 is 0. The molecule has 0 spiro atoms. The number of phenolic OH excluding ortho intramolecular Hbond substituents is 1. The van der Waals surface area contributed by atoms with Crippen molar-refractivity contribution >= 4 is 22.7 Å². The number of aryl methyl sites for hydroxylation is 1. The number of carboxylic acids is 1. The fourth-order valence-corrected chi connectivity index (χ4v) is 4.19. The fourth-order valence-electron chi connectivity index (χ4n) is 4.19. The Morgan fingerprint density at radius 3 is 2.30 bits per heavy atom. The van der Waals surface area contributed by atoms with E-state index in [2.05, 4.69) is 23.8 Å². The van der Waals surface area contributed by atoms with Crippen LogP contribution in [0.2, 0.25) is 0 Å². The van der Waals surface area contributed by atoms with Crippen molar-refractivity contribution in [2.24, 2.45) is 5.92 Å². The highest BCUT2D eigenvalue weighted by atomic mass is 19.4. The highest BCUT2D eigenvalue weighted by Gasteiger charge is 2.30. The molecule has 0 aliphatic carbocycles. The van der Waals surface area contributed by atoms with Crippen molar-refractivity contribution in [2.45, 2.75) is 39.8 Å². The highest BCUT2D eigenvalue weighted by Crippen LogP contribution is 2.33. The van der Waals surface area contributed by atoms with Crippen LogP contribution in [0.3, 0.4) is 0 Å². The van der Waals surface area contributed by atoms with Gasteiger partial charge in [-0.05, 0) is 91.0 Å². The maximum Gasteiger partial charge on any atom is 0.416 e. The summed E-state index contributed by atoms with van der Waals surface area (Å²) in [6.07, 6.45) is 1.43. The summed E-state index contributed by atoms with van der Waals surface area (Å²) in [6.45, 7) is 9.43. The van der Waals surface area contributed by atoms with E-state index in [9.17, 15) is 33.0 Å². The maximum absolute atomic E-state index is 12.9. The lowest BCUT2D eigenvalue weighted by Crippen LogP contribution is -2.12. The van der Waals surface area contributed by atoms with Crippen molar-refractivity contribution < 1.29 is 33.0 Å². The number of alkyl halides is 3. The van der Waals surface area contributed by atoms with Gasteiger partial charge in [-0.3, -0.25) is 4.79 Å². The van der Waals surface area contributed by atoms with Crippen LogP contribution in [0.1, 0.15) is 59.2 Å². The zero-order valence-electron chi connectivity index (χ0n) is 24.1. The lowest BCUT2D eigenvalue weighted by molar-refractivity contribution is -0.137. The Balaban J connectivity index is 0.000000259. The molecule has 0 amide bonds. The van der Waals surface area contributed by atoms with Gasteiger partial charge in [-0.1, -0.05) is 49.9 Å². The molecule has 6 nitrogen and oxygen atoms in total. The van der Waals surface area contributed by atoms with Gasteiger partial charge in [0.15, 0.2) is 5.78 Å². The first-order chi connectivity index (χ1) is 20.3. The third-order valence-electron chi connectivity index (χ3n) is 6.76. The molecular weight excluding hydrogens is 557 g/mol. The molecule has 1 heterocycles. The van der Waals surface area contributed by atoms with Gasteiger partial charge in [-0.2, -0.15) is 13.2 Å². The maximum atomic E-state index is 12.9. The van der Waals surface area contributed by atoms with Gasteiger partial charge in [0, 0.05) is 18.0 Å². The Labute approximate surface area is 248 Å². The number of carbonyl (C=O) groups excluding carboxylic acids is 1. The van der Waals surface area contributed by atoms with E-state index in [1.54, 1.807) is 18.2 Å². The number of aromatic carboxylic acids is 1. The number of Topliss-reactive ketones (excluding diaryl/α,β-unsaturated/α-hetero) is 1. The highest BCUT2D eigenvalue weighted by molar-refractivity contribution is 6.06. The van der Waals surface area contributed by atoms with E-state index in [-0.39, 0.29) is 27.9 Å². The van der Waals surface area contributed by atoms with Crippen molar-refractivity contribution in [1.82, 2.24) is 10.3 Å². The Morgan fingerprint density at radius 2 is 1.70 bits per heavy atom. The summed E-state index contributed by atoms with van der Waals surface area (Å²) in [5, 5.41) is 22.0. The fraction of sp³-hybridized carbons (Fsp3) is 0.206. The van der Waals surface area contributed by atoms with Gasteiger partial charge in [0.1, 0.15) is 11.4 Å². The van der Waals surface area contributed by atoms with Gasteiger partial charge >= 0.3 is 12.1 Å². The van der Waals surface area contributed by atoms with Crippen LogP contribution in [0.25, 0.3) is 22.0 Å². The number of halogens is 3. The summed E-state index contributed by atoms with van der Waals surface area (Å²) in [5.74, 6) is -0.876. The standard InChI is InChI=1S/C19H12F3NO3.C15H21NO/c1-10(24)17-9-15(18(25)26)14-8-12(5-6-16(14)23-17)11-3-2-4-13(7-11)19(20,21)22;1-4-11-16-13(3)12(2)5-6-14-7-9-15(17)10-8-14/h2-9H,1H3,(H,25,26);4,7-12,16-17H,3,5-6H2,1-2H3/b;11-4-/t;12-/m.0/s1. The SMILES string of the molecule is C=C(N/C=C\C)[C@@H](C)CCc1ccc(O)cc1.CC(=O)c1cc(C(=O)O)c2cc(-c3cccc(C(F)(F)F)c3)ccc2n1. The van der Waals surface area contributed by atoms with E-state index in [0.717, 1.165) is 30.7 Å². The van der Waals surface area contributed by atoms with Gasteiger partial charge in [0.25, 0.3) is 0 Å². The van der Waals surface area contributed by atoms with Crippen molar-refractivity contribution in [2.75, 3.05) is 0 Å². The number of nitrogens with zero attached hydrogens (tertiary/aromatic N) is 1. The molecule has 0 bridgehead atoms. The number of hydrogen-bond acceptors (Lipinski definition) is 5. The van der Waals surface area contributed by atoms with E-state index < -0.39 is 17.7 Å². The average molecular weight is 591 g/mol. The van der Waals surface area contributed by atoms with Gasteiger partial charge in [-0.25, -0.2) is 9.78 Å². The summed E-state index contributed by atoms with van der Waals surface area (Å²) in [4.78, 5) is 27.2. The number of carboxylic acid groups (broad SMARTS) is 1. The second-order valence-electron chi connectivity index (χ2n) is 10.0. The number of aromatic hydroxyl groups is 1. The molecule has 0 fully saturated rings. The molecule has 9 heteroatoms. The van der Waals surface area contributed by atoms with Crippen LogP contribution in [0.4, 0.5) is 13.2 Å². The molecule has 1 atom stereocenters. The second-order valence-corrected chi connectivity index (χ2v) is 10.0. The van der Waals surface area contributed by atoms with Crippen LogP contribution >= 0.6 is 0 Å². The molecule has 0 unspecified atom stereocenters. The molecular formula is C34H33F3N2O4. The number of benzene rings is 3. The minimum absolute atomic E-state index is 0.0155. The lowest BCUT2D eigenvalue weighted by atomic mass is 9.98. The number of aromatic nitrogens is 1. The van der Waals surface area contributed by atoms with Crippen molar-refractivity contribution in [3.63, 3.8) is 0 Å². The van der Waals surface area contributed by atoms with Crippen LogP contribution in [-0.4, -0.2) is 26.9 Å². The van der Waals surface area contributed by atoms with Gasteiger partial charge in [-0.15, -0.1) is 0 Å². The minimum atomic E-state index is -4.48. The molecule has 0 aliphatic heterocycles. The van der Waals surface area contributed by atoms with Gasteiger partial charge in [0.2, 0.25) is 0 Å². The normalized spacial score (nSPS) is 12.0. The predicted octanol–water partition coefficient (Wildman–Crippen LogP) is 8.42. The largest absolute Gasteiger partial charge is 0.508 e. The topological polar surface area (TPSA) is 99.5 Å². The predicted molar refractivity (Wildman–Crippen MR) is 162 cm³/mol. The first-order valence-corrected chi connectivity index (χ1v) is 13.5. The summed E-state index contributed by atoms with van der Waals surface area (Å²) in [7, 11) is 0. The van der Waals surface area contributed by atoms with E-state index in [4.69, 9.17) is 0 Å². The molecule has 43 heavy (non-hydrogen) atoms. The lowest BCUT2D eigenvalue weighted by Gasteiger charge is -2.14. The van der Waals surface area contributed by atoms with Gasteiger partial charge < -0.3 is 15.5 Å². The smallest absolute Gasteiger partial charge is 0.416 e. The van der Waals surface area contributed by atoms with Crippen LogP contribution in [0.15, 0.2) is 97.3 Å². The minimum Gasteiger partial charge on any atom is -0.508 e. The number of ketones is 1. The second kappa shape index (κ2) is 14.3. The third kappa shape index (κ3) is 9.03. The molecule has 0 saturated carbocycles. The quantitative estimate of drug-likeness (QED) is 0.169. The Bertz CT molecular complexity index is 1640. The number of carbonyl (C=O) groups is 2. The van der Waals surface area contributed by atoms with Crippen molar-refractivity contribution in [3.05, 3.63) is 120 Å². The number of phenols is 1. The van der Waals surface area contributed by atoms with Crippen LogP contribution in [0, 0.1) is 5.92 Å². The van der Waals surface area contributed by atoms with Crippen molar-refractivity contribution in [3.8, 4) is 16.9 Å². The molecule has 224 valence electrons. The molecule has 4 aromatic rings. The number of pyridine rings is 1. The monoisotopic (exact) mass is 590 g/mol. The summed E-state index contributed by atoms with van der Waals surface area (Å²) < 4.78 is 38.7. The van der Waals surface area contributed by atoms with Crippen LogP contribution in [0.5, 0.6) is 5.75 Å². The molecule has 4 rings (SSSR count). The van der Waals surface area contributed by atoms with E-state index in [1.165, 1.54) is 42.8 Å². The van der Waals surface area contributed by atoms with Crippen LogP contribution < -0.4 is 5.32 Å². The van der Waals surface area contributed by atoms with E-state index in [0.29, 0.717) is 22.8 Å². The average Bonchev–Trinajstić information content (AvgIpc) is 2.98. The first kappa shape index (κ1) is 32.6. The Hall–Kier alpha value is -4.92. The zero-order valence-corrected chi connectivity index (χ0v) is 24.1. The molecule has 1 aromatic heterocycles. The van der Waals surface area contributed by atoms with E-state index in [1.807, 2.05) is 31.3 Å². The van der Waals surface area contributed by atoms with Gasteiger partial charge in [0.05, 0.1) is 16.6 Å². The molecule has 0 saturated heterocycles. The van der Waals surface area contributed by atoms with E-state index >= 15 is 0 Å². The van der Waals surface area contributed by atoms with Crippen molar-refractivity contribution in [1.29, 1.82) is 0 Å². The number of allylic oxidation sites excluding steroid dienone is 2. The molecule has 3 N–H and O–H groups in total. The number of fused-ring (bicyclic) bond motifs is 1. The number of rotatable bonds is 9. The molecule has 0 radical (unpaired) electrons. The third-order valence-corrected chi connectivity index (χ3v) is 6.76. The summed E-state index contributed by atoms with van der Waals surface area (Å²) in [5.41, 5.74) is 2.38. The number of nitrogens with one attached hydrogen (secondary N) is 1. The summed E-state index contributed by atoms with van der Waals surface area (Å²) in [6, 6.07) is 17.8. The molecule has 3 aromatic carbocycles. The zero-order chi connectivity index (χ0) is 31.7.